The van der Waals surface area contributed by atoms with Gasteiger partial charge in [-0.15, -0.1) is 5.10 Å². The third-order valence-electron chi connectivity index (χ3n) is 5.56. The van der Waals surface area contributed by atoms with E-state index in [2.05, 4.69) is 33.3 Å². The second kappa shape index (κ2) is 8.02. The molecule has 0 saturated carbocycles. The van der Waals surface area contributed by atoms with Crippen LogP contribution in [0.15, 0.2) is 42.5 Å². The molecule has 8 heteroatoms. The van der Waals surface area contributed by atoms with Crippen LogP contribution in [-0.4, -0.2) is 39.1 Å². The van der Waals surface area contributed by atoms with Crippen LogP contribution >= 0.6 is 0 Å². The minimum Gasteiger partial charge on any atom is -0.323 e. The maximum absolute atomic E-state index is 12.7. The van der Waals surface area contributed by atoms with Crippen molar-refractivity contribution in [1.82, 2.24) is 19.5 Å². The molecule has 0 aliphatic carbocycles. The van der Waals surface area contributed by atoms with Crippen LogP contribution in [0.1, 0.15) is 31.0 Å². The Balaban J connectivity index is 1.49. The molecular weight excluding hydrogens is 379 g/mol. The van der Waals surface area contributed by atoms with E-state index in [1.54, 1.807) is 0 Å². The summed E-state index contributed by atoms with van der Waals surface area (Å²) in [5.41, 5.74) is 1.66. The van der Waals surface area contributed by atoms with E-state index >= 15 is 0 Å². The quantitative estimate of drug-likeness (QED) is 0.667. The van der Waals surface area contributed by atoms with Crippen LogP contribution in [0.5, 0.6) is 0 Å². The third-order valence-corrected chi connectivity index (χ3v) is 5.56. The normalized spacial score (nSPS) is 16.4. The van der Waals surface area contributed by atoms with E-state index in [0.717, 1.165) is 49.5 Å². The Morgan fingerprint density at radius 1 is 1.07 bits per heavy atom. The highest BCUT2D eigenvalue weighted by molar-refractivity contribution is 5.56. The number of pyridine rings is 1. The predicted molar refractivity (Wildman–Crippen MR) is 106 cm³/mol. The lowest BCUT2D eigenvalue weighted by atomic mass is 9.92. The molecule has 154 valence electrons. The number of fused-ring (bicyclic) bond motifs is 1. The van der Waals surface area contributed by atoms with Crippen LogP contribution < -0.4 is 5.32 Å². The van der Waals surface area contributed by atoms with Gasteiger partial charge in [0.1, 0.15) is 0 Å². The molecule has 2 aromatic heterocycles. The molecule has 1 aliphatic rings. The van der Waals surface area contributed by atoms with Gasteiger partial charge in [0, 0.05) is 11.4 Å². The first kappa shape index (κ1) is 19.7. The van der Waals surface area contributed by atoms with E-state index in [1.165, 1.54) is 25.0 Å². The molecule has 0 bridgehead atoms. The molecule has 0 amide bonds. The Labute approximate surface area is 167 Å². The van der Waals surface area contributed by atoms with Gasteiger partial charge in [0.2, 0.25) is 5.95 Å². The van der Waals surface area contributed by atoms with Gasteiger partial charge in [-0.25, -0.2) is 4.52 Å². The van der Waals surface area contributed by atoms with Crippen LogP contribution in [0.2, 0.25) is 0 Å². The number of nitrogens with one attached hydrogen (secondary N) is 1. The Hall–Kier alpha value is -2.61. The lowest BCUT2D eigenvalue weighted by Crippen LogP contribution is -2.34. The number of anilines is 2. The summed E-state index contributed by atoms with van der Waals surface area (Å²) >= 11 is 0. The van der Waals surface area contributed by atoms with Crippen molar-refractivity contribution in [2.45, 2.75) is 32.4 Å². The van der Waals surface area contributed by atoms with Crippen molar-refractivity contribution in [3.8, 4) is 0 Å². The molecular formula is C21H24F3N5. The first-order valence-corrected chi connectivity index (χ1v) is 9.93. The average Bonchev–Trinajstić information content (AvgIpc) is 3.12. The number of hydrogen-bond acceptors (Lipinski definition) is 4. The van der Waals surface area contributed by atoms with Crippen LogP contribution in [0.25, 0.3) is 5.65 Å². The number of rotatable bonds is 5. The molecule has 1 N–H and O–H groups in total. The van der Waals surface area contributed by atoms with E-state index in [9.17, 15) is 13.2 Å². The lowest BCUT2D eigenvalue weighted by Gasteiger charge is -2.31. The number of piperidine rings is 1. The molecule has 3 heterocycles. The van der Waals surface area contributed by atoms with Crippen molar-refractivity contribution in [3.63, 3.8) is 0 Å². The Morgan fingerprint density at radius 2 is 1.79 bits per heavy atom. The van der Waals surface area contributed by atoms with Gasteiger partial charge in [0.15, 0.2) is 5.65 Å². The number of benzene rings is 1. The van der Waals surface area contributed by atoms with Crippen molar-refractivity contribution in [2.75, 3.05) is 25.0 Å². The molecule has 1 aromatic carbocycles. The summed E-state index contributed by atoms with van der Waals surface area (Å²) in [7, 11) is 0. The van der Waals surface area contributed by atoms with Crippen LogP contribution in [0.4, 0.5) is 24.8 Å². The average molecular weight is 403 g/mol. The zero-order chi connectivity index (χ0) is 20.4. The van der Waals surface area contributed by atoms with Gasteiger partial charge in [-0.05, 0) is 81.2 Å². The molecule has 0 spiro atoms. The zero-order valence-corrected chi connectivity index (χ0v) is 16.3. The van der Waals surface area contributed by atoms with E-state index < -0.39 is 11.7 Å². The minimum atomic E-state index is -4.35. The first-order valence-electron chi connectivity index (χ1n) is 9.93. The van der Waals surface area contributed by atoms with E-state index in [1.807, 2.05) is 16.6 Å². The van der Waals surface area contributed by atoms with Crippen LogP contribution in [-0.2, 0) is 12.6 Å². The summed E-state index contributed by atoms with van der Waals surface area (Å²) < 4.78 is 40.0. The fraction of sp³-hybridized carbons (Fsp3) is 0.429. The molecule has 1 saturated heterocycles. The van der Waals surface area contributed by atoms with Gasteiger partial charge in [-0.3, -0.25) is 0 Å². The topological polar surface area (TPSA) is 45.5 Å². The van der Waals surface area contributed by atoms with Crippen molar-refractivity contribution in [1.29, 1.82) is 0 Å². The first-order chi connectivity index (χ1) is 13.9. The Morgan fingerprint density at radius 3 is 2.45 bits per heavy atom. The number of alkyl halides is 3. The van der Waals surface area contributed by atoms with Crippen LogP contribution in [0.3, 0.4) is 0 Å². The van der Waals surface area contributed by atoms with Crippen molar-refractivity contribution >= 4 is 17.3 Å². The smallest absolute Gasteiger partial charge is 0.323 e. The van der Waals surface area contributed by atoms with Gasteiger partial charge < -0.3 is 10.2 Å². The Kier molecular flexibility index (Phi) is 5.45. The molecule has 0 atom stereocenters. The fourth-order valence-corrected chi connectivity index (χ4v) is 3.84. The summed E-state index contributed by atoms with van der Waals surface area (Å²) in [5, 5.41) is 7.54. The van der Waals surface area contributed by atoms with Crippen molar-refractivity contribution in [3.05, 3.63) is 53.7 Å². The summed E-state index contributed by atoms with van der Waals surface area (Å²) in [6.45, 7) is 5.57. The van der Waals surface area contributed by atoms with Gasteiger partial charge >= 0.3 is 6.18 Å². The molecule has 3 aromatic rings. The van der Waals surface area contributed by atoms with Gasteiger partial charge in [0.25, 0.3) is 0 Å². The molecule has 0 radical (unpaired) electrons. The van der Waals surface area contributed by atoms with Crippen LogP contribution in [0, 0.1) is 5.92 Å². The highest BCUT2D eigenvalue weighted by Gasteiger charge is 2.30. The number of nitrogens with zero attached hydrogens (tertiary/aromatic N) is 4. The van der Waals surface area contributed by atoms with Gasteiger partial charge in [-0.1, -0.05) is 13.0 Å². The number of halogens is 3. The van der Waals surface area contributed by atoms with Gasteiger partial charge in [-0.2, -0.15) is 18.2 Å². The molecule has 29 heavy (non-hydrogen) atoms. The molecule has 1 fully saturated rings. The van der Waals surface area contributed by atoms with Gasteiger partial charge in [0.05, 0.1) is 5.56 Å². The maximum atomic E-state index is 12.7. The monoisotopic (exact) mass is 403 g/mol. The number of hydrogen-bond donors (Lipinski definition) is 1. The van der Waals surface area contributed by atoms with Crippen molar-refractivity contribution < 1.29 is 13.2 Å². The molecule has 1 aliphatic heterocycles. The summed E-state index contributed by atoms with van der Waals surface area (Å²) in [6.07, 6.45) is -1.05. The summed E-state index contributed by atoms with van der Waals surface area (Å²) in [5.74, 6) is 0.997. The second-order valence-electron chi connectivity index (χ2n) is 7.50. The highest BCUT2D eigenvalue weighted by Crippen LogP contribution is 2.30. The van der Waals surface area contributed by atoms with E-state index in [-0.39, 0.29) is 0 Å². The largest absolute Gasteiger partial charge is 0.416 e. The summed E-state index contributed by atoms with van der Waals surface area (Å²) in [4.78, 5) is 6.94. The van der Waals surface area contributed by atoms with E-state index in [4.69, 9.17) is 0 Å². The summed E-state index contributed by atoms with van der Waals surface area (Å²) in [6, 6.07) is 10.8. The number of likely N-dealkylation sites (tertiary alicyclic amines) is 1. The van der Waals surface area contributed by atoms with E-state index in [0.29, 0.717) is 17.6 Å². The highest BCUT2D eigenvalue weighted by atomic mass is 19.4. The predicted octanol–water partition coefficient (Wildman–Crippen LogP) is 4.77. The molecule has 5 nitrogen and oxygen atoms in total. The maximum Gasteiger partial charge on any atom is 0.416 e. The standard InChI is InChI=1S/C21H24F3N5/c1-2-28-12-10-15(11-13-28)14-18-4-3-5-19-26-20(27-29(18)19)25-17-8-6-16(7-9-17)21(22,23)24/h3-9,15H,2,10-14H2,1H3,(H,25,27). The fourth-order valence-electron chi connectivity index (χ4n) is 3.84. The molecule has 4 rings (SSSR count). The minimum absolute atomic E-state index is 0.373. The molecule has 0 unspecified atom stereocenters. The third kappa shape index (κ3) is 4.53. The lowest BCUT2D eigenvalue weighted by molar-refractivity contribution is -0.137. The second-order valence-corrected chi connectivity index (χ2v) is 7.50. The zero-order valence-electron chi connectivity index (χ0n) is 16.3. The number of aromatic nitrogens is 3. The Bertz CT molecular complexity index is 957. The van der Waals surface area contributed by atoms with Crippen molar-refractivity contribution in [2.24, 2.45) is 5.92 Å². The SMILES string of the molecule is CCN1CCC(Cc2cccc3nc(Nc4ccc(C(F)(F)F)cc4)nn23)CC1.